The first-order chi connectivity index (χ1) is 10.8. The van der Waals surface area contributed by atoms with E-state index in [9.17, 15) is 5.11 Å². The van der Waals surface area contributed by atoms with E-state index in [2.05, 4.69) is 20.7 Å². The minimum absolute atomic E-state index is 0.0413. The van der Waals surface area contributed by atoms with Crippen LogP contribution in [0.5, 0.6) is 11.5 Å². The Hall–Kier alpha value is -3.15. The monoisotopic (exact) mass is 294 g/mol. The summed E-state index contributed by atoms with van der Waals surface area (Å²) in [6, 6.07) is 12.9. The topological polar surface area (TPSA) is 79.6 Å². The van der Waals surface area contributed by atoms with Gasteiger partial charge < -0.3 is 9.84 Å². The molecule has 6 nitrogen and oxygen atoms in total. The number of aromatic nitrogens is 2. The van der Waals surface area contributed by atoms with Crippen LogP contribution in [0.1, 0.15) is 5.56 Å². The molecule has 1 aromatic heterocycles. The van der Waals surface area contributed by atoms with Crippen molar-refractivity contribution in [1.29, 1.82) is 0 Å². The quantitative estimate of drug-likeness (QED) is 0.571. The second kappa shape index (κ2) is 6.09. The van der Waals surface area contributed by atoms with Gasteiger partial charge in [0.15, 0.2) is 17.3 Å². The van der Waals surface area contributed by atoms with Crippen LogP contribution in [0.3, 0.4) is 0 Å². The van der Waals surface area contributed by atoms with Gasteiger partial charge in [-0.2, -0.15) is 10.2 Å². The fourth-order valence-corrected chi connectivity index (χ4v) is 2.08. The van der Waals surface area contributed by atoms with Crippen molar-refractivity contribution < 1.29 is 9.84 Å². The first-order valence-electron chi connectivity index (χ1n) is 6.65. The first kappa shape index (κ1) is 13.8. The van der Waals surface area contributed by atoms with Crippen molar-refractivity contribution in [3.05, 3.63) is 54.2 Å². The summed E-state index contributed by atoms with van der Waals surface area (Å²) >= 11 is 0. The maximum Gasteiger partial charge on any atom is 0.176 e. The molecular weight excluding hydrogens is 280 g/mol. The number of hydrogen-bond donors (Lipinski definition) is 2. The van der Waals surface area contributed by atoms with E-state index in [0.717, 1.165) is 10.8 Å². The van der Waals surface area contributed by atoms with Gasteiger partial charge in [-0.25, -0.2) is 0 Å². The molecule has 0 fully saturated rings. The molecule has 0 saturated carbocycles. The lowest BCUT2D eigenvalue weighted by atomic mass is 10.2. The highest BCUT2D eigenvalue weighted by Crippen LogP contribution is 2.28. The molecule has 0 atom stereocenters. The molecule has 0 bridgehead atoms. The van der Waals surface area contributed by atoms with Crippen LogP contribution >= 0.6 is 0 Å². The molecule has 0 aliphatic carbocycles. The predicted octanol–water partition coefficient (Wildman–Crippen LogP) is 2.79. The normalized spacial score (nSPS) is 11.0. The maximum absolute atomic E-state index is 9.99. The summed E-state index contributed by atoms with van der Waals surface area (Å²) in [5.74, 6) is 0.991. The summed E-state index contributed by atoms with van der Waals surface area (Å²) in [4.78, 5) is 0. The Kier molecular flexibility index (Phi) is 3.82. The van der Waals surface area contributed by atoms with Crippen LogP contribution in [0.25, 0.3) is 10.8 Å². The van der Waals surface area contributed by atoms with Gasteiger partial charge in [-0.15, -0.1) is 5.10 Å². The Morgan fingerprint density at radius 2 is 2.05 bits per heavy atom. The Labute approximate surface area is 127 Å². The number of rotatable bonds is 4. The molecule has 3 aromatic rings. The van der Waals surface area contributed by atoms with E-state index in [-0.39, 0.29) is 5.75 Å². The summed E-state index contributed by atoms with van der Waals surface area (Å²) in [7, 11) is 1.50. The lowest BCUT2D eigenvalue weighted by molar-refractivity contribution is 0.373. The van der Waals surface area contributed by atoms with Gasteiger partial charge in [0.25, 0.3) is 0 Å². The van der Waals surface area contributed by atoms with Crippen molar-refractivity contribution in [1.82, 2.24) is 10.2 Å². The number of benzene rings is 2. The third-order valence-corrected chi connectivity index (χ3v) is 3.19. The molecule has 0 radical (unpaired) electrons. The number of hydrogen-bond acceptors (Lipinski definition) is 6. The van der Waals surface area contributed by atoms with Crippen molar-refractivity contribution in [2.45, 2.75) is 0 Å². The Morgan fingerprint density at radius 3 is 2.91 bits per heavy atom. The molecule has 6 heteroatoms. The van der Waals surface area contributed by atoms with E-state index in [1.807, 2.05) is 24.3 Å². The molecular formula is C16H14N4O2. The van der Waals surface area contributed by atoms with Crippen molar-refractivity contribution >= 4 is 22.8 Å². The highest BCUT2D eigenvalue weighted by molar-refractivity contribution is 5.91. The highest BCUT2D eigenvalue weighted by Gasteiger charge is 2.05. The lowest BCUT2D eigenvalue weighted by Gasteiger charge is -2.05. The average Bonchev–Trinajstić information content (AvgIpc) is 2.56. The van der Waals surface area contributed by atoms with Crippen LogP contribution in [-0.2, 0) is 0 Å². The predicted molar refractivity (Wildman–Crippen MR) is 85.4 cm³/mol. The Morgan fingerprint density at radius 1 is 1.18 bits per heavy atom. The number of anilines is 1. The van der Waals surface area contributed by atoms with E-state index >= 15 is 0 Å². The number of fused-ring (bicyclic) bond motifs is 1. The number of ether oxygens (including phenoxy) is 1. The highest BCUT2D eigenvalue weighted by atomic mass is 16.5. The van der Waals surface area contributed by atoms with Crippen molar-refractivity contribution in [3.8, 4) is 11.5 Å². The first-order valence-corrected chi connectivity index (χ1v) is 6.65. The van der Waals surface area contributed by atoms with Gasteiger partial charge in [-0.3, -0.25) is 5.43 Å². The Bertz CT molecular complexity index is 828. The standard InChI is InChI=1S/C16H14N4O2/c1-22-14-8-4-6-12(15(14)21)10-18-20-16-13-7-3-2-5-11(13)9-17-19-16/h2-10,21H,1H3,(H,19,20). The smallest absolute Gasteiger partial charge is 0.176 e. The fourth-order valence-electron chi connectivity index (χ4n) is 2.08. The van der Waals surface area contributed by atoms with Crippen LogP contribution in [0, 0.1) is 0 Å². The third kappa shape index (κ3) is 2.67. The number of methoxy groups -OCH3 is 1. The summed E-state index contributed by atoms with van der Waals surface area (Å²) in [5.41, 5.74) is 3.39. The van der Waals surface area contributed by atoms with E-state index in [1.54, 1.807) is 24.4 Å². The third-order valence-electron chi connectivity index (χ3n) is 3.19. The van der Waals surface area contributed by atoms with Gasteiger partial charge in [0.05, 0.1) is 19.5 Å². The Balaban J connectivity index is 1.85. The summed E-state index contributed by atoms with van der Waals surface area (Å²) < 4.78 is 5.05. The molecule has 3 rings (SSSR count). The van der Waals surface area contributed by atoms with Crippen LogP contribution in [0.2, 0.25) is 0 Å². The summed E-state index contributed by atoms with van der Waals surface area (Å²) in [6.45, 7) is 0. The minimum Gasteiger partial charge on any atom is -0.504 e. The van der Waals surface area contributed by atoms with Gasteiger partial charge in [0.1, 0.15) is 0 Å². The number of nitrogens with one attached hydrogen (secondary N) is 1. The maximum atomic E-state index is 9.99. The van der Waals surface area contributed by atoms with Gasteiger partial charge in [0.2, 0.25) is 0 Å². The SMILES string of the molecule is COc1cccc(C=NNc2nncc3ccccc23)c1O. The summed E-state index contributed by atoms with van der Waals surface area (Å²) in [5, 5.41) is 23.9. The molecule has 0 unspecified atom stereocenters. The molecule has 0 aliphatic heterocycles. The molecule has 2 aromatic carbocycles. The zero-order valence-corrected chi connectivity index (χ0v) is 11.9. The van der Waals surface area contributed by atoms with Crippen molar-refractivity contribution in [3.63, 3.8) is 0 Å². The second-order valence-electron chi connectivity index (χ2n) is 4.55. The van der Waals surface area contributed by atoms with Crippen LogP contribution in [0.15, 0.2) is 53.8 Å². The van der Waals surface area contributed by atoms with Crippen LogP contribution in [0.4, 0.5) is 5.82 Å². The van der Waals surface area contributed by atoms with Crippen LogP contribution < -0.4 is 10.2 Å². The van der Waals surface area contributed by atoms with Crippen molar-refractivity contribution in [2.24, 2.45) is 5.10 Å². The molecule has 22 heavy (non-hydrogen) atoms. The van der Waals surface area contributed by atoms with Gasteiger partial charge >= 0.3 is 0 Å². The number of phenols is 1. The zero-order chi connectivity index (χ0) is 15.4. The molecule has 1 heterocycles. The molecule has 0 amide bonds. The van der Waals surface area contributed by atoms with E-state index in [4.69, 9.17) is 4.74 Å². The molecule has 0 spiro atoms. The fraction of sp³-hybridized carbons (Fsp3) is 0.0625. The van der Waals surface area contributed by atoms with E-state index in [1.165, 1.54) is 13.3 Å². The lowest BCUT2D eigenvalue weighted by Crippen LogP contribution is -1.97. The average molecular weight is 294 g/mol. The van der Waals surface area contributed by atoms with Gasteiger partial charge in [-0.1, -0.05) is 30.3 Å². The van der Waals surface area contributed by atoms with E-state index < -0.39 is 0 Å². The molecule has 2 N–H and O–H groups in total. The largest absolute Gasteiger partial charge is 0.504 e. The number of phenolic OH excluding ortho intramolecular Hbond substituents is 1. The van der Waals surface area contributed by atoms with Gasteiger partial charge in [0, 0.05) is 16.3 Å². The zero-order valence-electron chi connectivity index (χ0n) is 11.9. The minimum atomic E-state index is 0.0413. The van der Waals surface area contributed by atoms with Crippen LogP contribution in [-0.4, -0.2) is 28.6 Å². The molecule has 110 valence electrons. The number of para-hydroxylation sites is 1. The number of aromatic hydroxyl groups is 1. The molecule has 0 saturated heterocycles. The summed E-state index contributed by atoms with van der Waals surface area (Å²) in [6.07, 6.45) is 3.19. The second-order valence-corrected chi connectivity index (χ2v) is 4.55. The molecule has 0 aliphatic rings. The van der Waals surface area contributed by atoms with Gasteiger partial charge in [-0.05, 0) is 12.1 Å². The van der Waals surface area contributed by atoms with Crippen molar-refractivity contribution in [2.75, 3.05) is 12.5 Å². The number of nitrogens with zero attached hydrogens (tertiary/aromatic N) is 3. The van der Waals surface area contributed by atoms with E-state index in [0.29, 0.717) is 17.1 Å². The number of hydrazone groups is 1.